The van der Waals surface area contributed by atoms with Gasteiger partial charge in [0, 0.05) is 0 Å². The first-order chi connectivity index (χ1) is 6.70. The van der Waals surface area contributed by atoms with Gasteiger partial charge >= 0.3 is 0 Å². The van der Waals surface area contributed by atoms with Gasteiger partial charge in [0.25, 0.3) is 0 Å². The lowest BCUT2D eigenvalue weighted by atomic mass is 10.1. The molecular weight excluding hydrogens is 190 g/mol. The summed E-state index contributed by atoms with van der Waals surface area (Å²) in [4.78, 5) is 3.36. The van der Waals surface area contributed by atoms with E-state index in [1.54, 1.807) is 0 Å². The third-order valence-electron chi connectivity index (χ3n) is 1.77. The molecule has 0 fully saturated rings. The van der Waals surface area contributed by atoms with E-state index in [-0.39, 0.29) is 16.9 Å². The second kappa shape index (κ2) is 3.06. The second-order valence-electron chi connectivity index (χ2n) is 2.68. The molecule has 0 aliphatic rings. The quantitative estimate of drug-likeness (QED) is 0.723. The Morgan fingerprint density at radius 1 is 1.14 bits per heavy atom. The number of halogens is 2. The number of hydrogen-bond donors (Lipinski definition) is 2. The molecule has 2 aromatic heterocycles. The van der Waals surface area contributed by atoms with Gasteiger partial charge < -0.3 is 5.73 Å². The van der Waals surface area contributed by atoms with E-state index in [0.717, 1.165) is 12.4 Å². The van der Waals surface area contributed by atoms with Crippen molar-refractivity contribution in [2.45, 2.75) is 0 Å². The number of anilines is 1. The van der Waals surface area contributed by atoms with Crippen LogP contribution in [-0.2, 0) is 0 Å². The van der Waals surface area contributed by atoms with E-state index in [9.17, 15) is 8.78 Å². The first-order valence-electron chi connectivity index (χ1n) is 3.78. The van der Waals surface area contributed by atoms with Crippen molar-refractivity contribution in [2.24, 2.45) is 0 Å². The molecule has 0 atom stereocenters. The molecule has 0 saturated carbocycles. The molecule has 0 bridgehead atoms. The zero-order chi connectivity index (χ0) is 10.1. The average Bonchev–Trinajstić information content (AvgIpc) is 2.52. The van der Waals surface area contributed by atoms with Gasteiger partial charge in [-0.25, -0.2) is 8.78 Å². The van der Waals surface area contributed by atoms with E-state index >= 15 is 0 Å². The minimum absolute atomic E-state index is 0.127. The van der Waals surface area contributed by atoms with Crippen molar-refractivity contribution in [3.8, 4) is 11.3 Å². The highest BCUT2D eigenvalue weighted by atomic mass is 19.1. The van der Waals surface area contributed by atoms with Crippen molar-refractivity contribution < 1.29 is 8.78 Å². The first kappa shape index (κ1) is 8.61. The van der Waals surface area contributed by atoms with Crippen LogP contribution in [0.15, 0.2) is 18.6 Å². The molecule has 2 rings (SSSR count). The third kappa shape index (κ3) is 1.20. The number of aromatic nitrogens is 3. The van der Waals surface area contributed by atoms with Crippen LogP contribution in [0.1, 0.15) is 0 Å². The zero-order valence-electron chi connectivity index (χ0n) is 6.96. The van der Waals surface area contributed by atoms with Crippen molar-refractivity contribution in [3.05, 3.63) is 30.2 Å². The minimum atomic E-state index is -0.777. The van der Waals surface area contributed by atoms with Crippen LogP contribution < -0.4 is 5.73 Å². The molecule has 6 heteroatoms. The fourth-order valence-electron chi connectivity index (χ4n) is 1.15. The van der Waals surface area contributed by atoms with Crippen LogP contribution in [0, 0.1) is 11.6 Å². The van der Waals surface area contributed by atoms with Crippen molar-refractivity contribution in [1.82, 2.24) is 15.2 Å². The number of H-pyrrole nitrogens is 1. The monoisotopic (exact) mass is 196 g/mol. The number of nitrogens with two attached hydrogens (primary N) is 1. The minimum Gasteiger partial charge on any atom is -0.396 e. The Morgan fingerprint density at radius 2 is 1.79 bits per heavy atom. The standard InChI is InChI=1S/C8H6F2N4/c9-4-1-12-2-5(10)7(4)8-6(11)3-13-14-8/h1-3H,11H2,(H,13,14). The van der Waals surface area contributed by atoms with Crippen LogP contribution in [0.5, 0.6) is 0 Å². The van der Waals surface area contributed by atoms with E-state index in [0.29, 0.717) is 0 Å². The van der Waals surface area contributed by atoms with Crippen LogP contribution in [0.2, 0.25) is 0 Å². The van der Waals surface area contributed by atoms with Crippen LogP contribution in [-0.4, -0.2) is 15.2 Å². The largest absolute Gasteiger partial charge is 0.396 e. The third-order valence-corrected chi connectivity index (χ3v) is 1.77. The Morgan fingerprint density at radius 3 is 2.29 bits per heavy atom. The molecule has 0 unspecified atom stereocenters. The molecule has 0 aliphatic heterocycles. The molecule has 4 nitrogen and oxygen atoms in total. The summed E-state index contributed by atoms with van der Waals surface area (Å²) in [6.07, 6.45) is 3.12. The van der Waals surface area contributed by atoms with Crippen molar-refractivity contribution in [3.63, 3.8) is 0 Å². The number of aromatic amines is 1. The van der Waals surface area contributed by atoms with Gasteiger partial charge in [-0.2, -0.15) is 5.10 Å². The summed E-state index contributed by atoms with van der Waals surface area (Å²) in [5.41, 5.74) is 5.54. The van der Waals surface area contributed by atoms with Crippen LogP contribution in [0.4, 0.5) is 14.5 Å². The predicted molar refractivity (Wildman–Crippen MR) is 46.1 cm³/mol. The van der Waals surface area contributed by atoms with Gasteiger partial charge in [-0.3, -0.25) is 10.1 Å². The Labute approximate surface area is 77.8 Å². The summed E-state index contributed by atoms with van der Waals surface area (Å²) in [5.74, 6) is -1.55. The molecule has 2 heterocycles. The number of nitrogens with zero attached hydrogens (tertiary/aromatic N) is 2. The van der Waals surface area contributed by atoms with Crippen LogP contribution >= 0.6 is 0 Å². The highest BCUT2D eigenvalue weighted by Crippen LogP contribution is 2.27. The molecule has 72 valence electrons. The molecule has 0 saturated heterocycles. The molecule has 3 N–H and O–H groups in total. The highest BCUT2D eigenvalue weighted by Gasteiger charge is 2.15. The van der Waals surface area contributed by atoms with Gasteiger partial charge in [0.1, 0.15) is 0 Å². The maximum Gasteiger partial charge on any atom is 0.153 e. The molecule has 0 radical (unpaired) electrons. The van der Waals surface area contributed by atoms with Gasteiger partial charge in [-0.05, 0) is 0 Å². The number of nitrogen functional groups attached to an aromatic ring is 1. The molecular formula is C8H6F2N4. The summed E-state index contributed by atoms with van der Waals surface area (Å²) in [5, 5.41) is 6.00. The van der Waals surface area contributed by atoms with E-state index < -0.39 is 11.6 Å². The number of nitrogens with one attached hydrogen (secondary N) is 1. The first-order valence-corrected chi connectivity index (χ1v) is 3.78. The second-order valence-corrected chi connectivity index (χ2v) is 2.68. The predicted octanol–water partition coefficient (Wildman–Crippen LogP) is 1.33. The average molecular weight is 196 g/mol. The Hall–Kier alpha value is -1.98. The maximum absolute atomic E-state index is 13.2. The molecule has 0 aromatic carbocycles. The van der Waals surface area contributed by atoms with Gasteiger partial charge in [0.2, 0.25) is 0 Å². The molecule has 0 spiro atoms. The van der Waals surface area contributed by atoms with E-state index in [4.69, 9.17) is 5.73 Å². The number of pyridine rings is 1. The lowest BCUT2D eigenvalue weighted by Gasteiger charge is -2.01. The van der Waals surface area contributed by atoms with Crippen LogP contribution in [0.3, 0.4) is 0 Å². The molecule has 0 amide bonds. The Balaban J connectivity index is 2.68. The van der Waals surface area contributed by atoms with Crippen molar-refractivity contribution in [1.29, 1.82) is 0 Å². The number of hydrogen-bond acceptors (Lipinski definition) is 3. The van der Waals surface area contributed by atoms with E-state index in [1.165, 1.54) is 6.20 Å². The zero-order valence-corrected chi connectivity index (χ0v) is 6.96. The van der Waals surface area contributed by atoms with Crippen molar-refractivity contribution >= 4 is 5.69 Å². The topological polar surface area (TPSA) is 67.6 Å². The summed E-state index contributed by atoms with van der Waals surface area (Å²) in [7, 11) is 0. The fraction of sp³-hybridized carbons (Fsp3) is 0. The summed E-state index contributed by atoms with van der Waals surface area (Å²) < 4.78 is 26.4. The normalized spacial score (nSPS) is 10.4. The lowest BCUT2D eigenvalue weighted by molar-refractivity contribution is 0.578. The molecule has 14 heavy (non-hydrogen) atoms. The summed E-state index contributed by atoms with van der Waals surface area (Å²) >= 11 is 0. The van der Waals surface area contributed by atoms with Gasteiger partial charge in [0.15, 0.2) is 11.6 Å². The maximum atomic E-state index is 13.2. The molecule has 2 aromatic rings. The SMILES string of the molecule is Nc1cn[nH]c1-c1c(F)cncc1F. The van der Waals surface area contributed by atoms with E-state index in [2.05, 4.69) is 15.2 Å². The summed E-state index contributed by atoms with van der Waals surface area (Å²) in [6, 6.07) is 0. The van der Waals surface area contributed by atoms with Gasteiger partial charge in [-0.1, -0.05) is 0 Å². The smallest absolute Gasteiger partial charge is 0.153 e. The van der Waals surface area contributed by atoms with Crippen LogP contribution in [0.25, 0.3) is 11.3 Å². The van der Waals surface area contributed by atoms with E-state index in [1.807, 2.05) is 0 Å². The highest BCUT2D eigenvalue weighted by molar-refractivity contribution is 5.72. The fourth-order valence-corrected chi connectivity index (χ4v) is 1.15. The van der Waals surface area contributed by atoms with Gasteiger partial charge in [-0.15, -0.1) is 0 Å². The molecule has 0 aliphatic carbocycles. The number of rotatable bonds is 1. The Kier molecular flexibility index (Phi) is 1.88. The Bertz CT molecular complexity index is 446. The van der Waals surface area contributed by atoms with Crippen molar-refractivity contribution in [2.75, 3.05) is 5.73 Å². The van der Waals surface area contributed by atoms with Gasteiger partial charge in [0.05, 0.1) is 35.5 Å². The summed E-state index contributed by atoms with van der Waals surface area (Å²) in [6.45, 7) is 0. The lowest BCUT2D eigenvalue weighted by Crippen LogP contribution is -1.95.